The summed E-state index contributed by atoms with van der Waals surface area (Å²) in [5.41, 5.74) is 0. The second-order valence-corrected chi connectivity index (χ2v) is 4.84. The zero-order chi connectivity index (χ0) is 10.9. The molecule has 1 fully saturated rings. The van der Waals surface area contributed by atoms with Gasteiger partial charge in [0.15, 0.2) is 0 Å². The zero-order valence-corrected chi connectivity index (χ0v) is 10.5. The average molecular weight is 213 g/mol. The molecule has 1 aliphatic heterocycles. The summed E-state index contributed by atoms with van der Waals surface area (Å²) in [4.78, 5) is 2.54. The first kappa shape index (κ1) is 13.0. The number of morpholine rings is 1. The van der Waals surface area contributed by atoms with E-state index in [1.807, 2.05) is 0 Å². The van der Waals surface area contributed by atoms with Crippen molar-refractivity contribution in [2.45, 2.75) is 46.0 Å². The summed E-state index contributed by atoms with van der Waals surface area (Å²) in [7, 11) is 0. The van der Waals surface area contributed by atoms with Gasteiger partial charge in [0.25, 0.3) is 0 Å². The molecule has 2 nitrogen and oxygen atoms in total. The molecule has 1 rings (SSSR count). The van der Waals surface area contributed by atoms with E-state index in [4.69, 9.17) is 4.74 Å². The Morgan fingerprint density at radius 2 is 1.87 bits per heavy atom. The van der Waals surface area contributed by atoms with E-state index >= 15 is 0 Å². The SMILES string of the molecule is CCCCCC(C)CCN1CCOCC1. The van der Waals surface area contributed by atoms with Crippen molar-refractivity contribution < 1.29 is 4.74 Å². The number of ether oxygens (including phenoxy) is 1. The third kappa shape index (κ3) is 6.16. The highest BCUT2D eigenvalue weighted by Gasteiger charge is 2.11. The Hall–Kier alpha value is -0.0800. The topological polar surface area (TPSA) is 12.5 Å². The molecule has 0 aromatic rings. The molecule has 1 saturated heterocycles. The molecule has 0 aliphatic carbocycles. The van der Waals surface area contributed by atoms with Crippen molar-refractivity contribution in [3.8, 4) is 0 Å². The largest absolute Gasteiger partial charge is 0.379 e. The maximum Gasteiger partial charge on any atom is 0.0594 e. The van der Waals surface area contributed by atoms with Crippen LogP contribution in [0.4, 0.5) is 0 Å². The van der Waals surface area contributed by atoms with E-state index in [9.17, 15) is 0 Å². The number of hydrogen-bond acceptors (Lipinski definition) is 2. The molecular weight excluding hydrogens is 186 g/mol. The number of unbranched alkanes of at least 4 members (excludes halogenated alkanes) is 2. The van der Waals surface area contributed by atoms with Crippen LogP contribution in [0.25, 0.3) is 0 Å². The quantitative estimate of drug-likeness (QED) is 0.603. The van der Waals surface area contributed by atoms with Crippen LogP contribution < -0.4 is 0 Å². The van der Waals surface area contributed by atoms with Gasteiger partial charge in [-0.1, -0.05) is 39.5 Å². The summed E-state index contributed by atoms with van der Waals surface area (Å²) >= 11 is 0. The minimum absolute atomic E-state index is 0.902. The maximum atomic E-state index is 5.34. The Morgan fingerprint density at radius 1 is 1.13 bits per heavy atom. The molecule has 0 aromatic carbocycles. The fourth-order valence-electron chi connectivity index (χ4n) is 2.11. The van der Waals surface area contributed by atoms with Crippen molar-refractivity contribution in [2.24, 2.45) is 5.92 Å². The van der Waals surface area contributed by atoms with E-state index in [0.29, 0.717) is 0 Å². The van der Waals surface area contributed by atoms with Gasteiger partial charge in [-0.2, -0.15) is 0 Å². The zero-order valence-electron chi connectivity index (χ0n) is 10.5. The van der Waals surface area contributed by atoms with E-state index in [-0.39, 0.29) is 0 Å². The first-order valence-electron chi connectivity index (χ1n) is 6.63. The lowest BCUT2D eigenvalue weighted by atomic mass is 10.00. The number of rotatable bonds is 7. The summed E-state index contributed by atoms with van der Waals surface area (Å²) in [6, 6.07) is 0. The van der Waals surface area contributed by atoms with Crippen molar-refractivity contribution in [2.75, 3.05) is 32.8 Å². The maximum absolute atomic E-state index is 5.34. The second-order valence-electron chi connectivity index (χ2n) is 4.84. The van der Waals surface area contributed by atoms with Crippen LogP contribution in [0, 0.1) is 5.92 Å². The van der Waals surface area contributed by atoms with Crippen molar-refractivity contribution in [1.29, 1.82) is 0 Å². The van der Waals surface area contributed by atoms with Gasteiger partial charge in [0, 0.05) is 13.1 Å². The van der Waals surface area contributed by atoms with Crippen LogP contribution in [0.3, 0.4) is 0 Å². The van der Waals surface area contributed by atoms with Crippen LogP contribution in [0.15, 0.2) is 0 Å². The Morgan fingerprint density at radius 3 is 2.53 bits per heavy atom. The molecule has 0 radical (unpaired) electrons. The summed E-state index contributed by atoms with van der Waals surface area (Å²) < 4.78 is 5.34. The van der Waals surface area contributed by atoms with Crippen molar-refractivity contribution in [3.05, 3.63) is 0 Å². The Bertz CT molecular complexity index is 143. The highest BCUT2D eigenvalue weighted by molar-refractivity contribution is 4.64. The van der Waals surface area contributed by atoms with Gasteiger partial charge >= 0.3 is 0 Å². The third-order valence-electron chi connectivity index (χ3n) is 3.34. The van der Waals surface area contributed by atoms with E-state index in [1.165, 1.54) is 38.6 Å². The van der Waals surface area contributed by atoms with Crippen LogP contribution in [0.5, 0.6) is 0 Å². The molecular formula is C13H27NO. The summed E-state index contributed by atoms with van der Waals surface area (Å²) in [6.45, 7) is 10.1. The normalized spacial score (nSPS) is 20.4. The minimum Gasteiger partial charge on any atom is -0.379 e. The molecule has 0 saturated carbocycles. The molecule has 0 aromatic heterocycles. The molecule has 1 heterocycles. The van der Waals surface area contributed by atoms with E-state index in [0.717, 1.165) is 32.2 Å². The second kappa shape index (κ2) is 8.12. The minimum atomic E-state index is 0.902. The fourth-order valence-corrected chi connectivity index (χ4v) is 2.11. The lowest BCUT2D eigenvalue weighted by Gasteiger charge is -2.27. The van der Waals surface area contributed by atoms with Crippen LogP contribution in [-0.2, 0) is 4.74 Å². The van der Waals surface area contributed by atoms with Gasteiger partial charge in [-0.15, -0.1) is 0 Å². The Labute approximate surface area is 95.0 Å². The molecule has 1 atom stereocenters. The van der Waals surface area contributed by atoms with Crippen LogP contribution >= 0.6 is 0 Å². The molecule has 90 valence electrons. The summed E-state index contributed by atoms with van der Waals surface area (Å²) in [5, 5.41) is 0. The molecule has 2 heteroatoms. The van der Waals surface area contributed by atoms with Crippen LogP contribution in [0.1, 0.15) is 46.0 Å². The van der Waals surface area contributed by atoms with Crippen LogP contribution in [-0.4, -0.2) is 37.7 Å². The predicted octanol–water partition coefficient (Wildman–Crippen LogP) is 2.93. The fraction of sp³-hybridized carbons (Fsp3) is 1.00. The third-order valence-corrected chi connectivity index (χ3v) is 3.34. The Balaban J connectivity index is 1.97. The van der Waals surface area contributed by atoms with Crippen LogP contribution in [0.2, 0.25) is 0 Å². The van der Waals surface area contributed by atoms with Gasteiger partial charge in [-0.25, -0.2) is 0 Å². The molecule has 15 heavy (non-hydrogen) atoms. The van der Waals surface area contributed by atoms with E-state index in [2.05, 4.69) is 18.7 Å². The van der Waals surface area contributed by atoms with Gasteiger partial charge in [-0.3, -0.25) is 4.90 Å². The van der Waals surface area contributed by atoms with Gasteiger partial charge < -0.3 is 4.74 Å². The molecule has 0 amide bonds. The predicted molar refractivity (Wildman–Crippen MR) is 65.2 cm³/mol. The monoisotopic (exact) mass is 213 g/mol. The number of nitrogens with zero attached hydrogens (tertiary/aromatic N) is 1. The Kier molecular flexibility index (Phi) is 7.03. The van der Waals surface area contributed by atoms with Crippen molar-refractivity contribution in [3.63, 3.8) is 0 Å². The first-order chi connectivity index (χ1) is 7.33. The average Bonchev–Trinajstić information content (AvgIpc) is 2.28. The summed E-state index contributed by atoms with van der Waals surface area (Å²) in [6.07, 6.45) is 6.95. The standard InChI is InChI=1S/C13H27NO/c1-3-4-5-6-13(2)7-8-14-9-11-15-12-10-14/h13H,3-12H2,1-2H3. The lowest BCUT2D eigenvalue weighted by molar-refractivity contribution is 0.0355. The molecule has 0 spiro atoms. The van der Waals surface area contributed by atoms with Gasteiger partial charge in [-0.05, 0) is 18.9 Å². The van der Waals surface area contributed by atoms with Gasteiger partial charge in [0.1, 0.15) is 0 Å². The lowest BCUT2D eigenvalue weighted by Crippen LogP contribution is -2.37. The molecule has 0 bridgehead atoms. The van der Waals surface area contributed by atoms with E-state index in [1.54, 1.807) is 0 Å². The number of hydrogen-bond donors (Lipinski definition) is 0. The van der Waals surface area contributed by atoms with E-state index < -0.39 is 0 Å². The highest BCUT2D eigenvalue weighted by atomic mass is 16.5. The van der Waals surface area contributed by atoms with Crippen molar-refractivity contribution >= 4 is 0 Å². The smallest absolute Gasteiger partial charge is 0.0594 e. The summed E-state index contributed by atoms with van der Waals surface area (Å²) in [5.74, 6) is 0.902. The van der Waals surface area contributed by atoms with Gasteiger partial charge in [0.05, 0.1) is 13.2 Å². The first-order valence-corrected chi connectivity index (χ1v) is 6.63. The highest BCUT2D eigenvalue weighted by Crippen LogP contribution is 2.13. The van der Waals surface area contributed by atoms with Gasteiger partial charge in [0.2, 0.25) is 0 Å². The molecule has 1 aliphatic rings. The molecule has 0 N–H and O–H groups in total. The molecule has 1 unspecified atom stereocenters. The van der Waals surface area contributed by atoms with Crippen molar-refractivity contribution in [1.82, 2.24) is 4.90 Å².